The van der Waals surface area contributed by atoms with E-state index in [9.17, 15) is 0 Å². The Morgan fingerprint density at radius 3 is 0.583 bits per heavy atom. The Kier molecular flexibility index (Phi) is 10.2. The first kappa shape index (κ1) is 41.4. The second-order valence-corrected chi connectivity index (χ2v) is 16.7. The summed E-state index contributed by atoms with van der Waals surface area (Å²) in [6.45, 7) is 0. The zero-order valence-corrected chi connectivity index (χ0v) is 37.8. The Bertz CT molecular complexity index is 4140. The van der Waals surface area contributed by atoms with E-state index in [1.54, 1.807) is 0 Å². The molecule has 0 saturated carbocycles. The van der Waals surface area contributed by atoms with Crippen LogP contribution in [0, 0.1) is 48.5 Å². The zero-order valence-electron chi connectivity index (χ0n) is 37.8. The Morgan fingerprint density at radius 1 is 0.167 bits per heavy atom. The van der Waals surface area contributed by atoms with Crippen molar-refractivity contribution in [1.82, 2.24) is 49.8 Å². The van der Waals surface area contributed by atoms with E-state index in [0.717, 1.165) is 43.6 Å². The summed E-state index contributed by atoms with van der Waals surface area (Å²) >= 11 is 0. The minimum absolute atomic E-state index is 0.577. The molecular weight excluding hydrogens is 885 g/mol. The number of hydrogen-bond acceptors (Lipinski definition) is 10. The summed E-state index contributed by atoms with van der Waals surface area (Å²) in [5.74, 6) is 0. The van der Waals surface area contributed by atoms with Crippen LogP contribution >= 0.6 is 0 Å². The van der Waals surface area contributed by atoms with Gasteiger partial charge in [-0.3, -0.25) is 0 Å². The van der Waals surface area contributed by atoms with E-state index >= 15 is 0 Å². The van der Waals surface area contributed by atoms with Crippen LogP contribution in [0.4, 0.5) is 0 Å². The van der Waals surface area contributed by atoms with Crippen molar-refractivity contribution in [2.24, 2.45) is 0 Å². The maximum absolute atomic E-state index is 4.97. The summed E-state index contributed by atoms with van der Waals surface area (Å²) in [5, 5.41) is 3.75. The first-order valence-corrected chi connectivity index (χ1v) is 22.9. The molecule has 20 bridgehead atoms. The molecule has 13 aromatic rings. The normalized spacial score (nSPS) is 10.9. The van der Waals surface area contributed by atoms with Crippen molar-refractivity contribution in [3.8, 4) is 0 Å². The molecule has 0 atom stereocenters. The fourth-order valence-electron chi connectivity index (χ4n) is 8.35. The number of fused-ring (bicyclic) bond motifs is 20. The van der Waals surface area contributed by atoms with Crippen LogP contribution in [-0.2, 0) is 0 Å². The van der Waals surface area contributed by atoms with Crippen molar-refractivity contribution in [2.45, 2.75) is 0 Å². The highest BCUT2D eigenvalue weighted by molar-refractivity contribution is 6.05. The molecule has 10 nitrogen and oxygen atoms in total. The number of nitrogens with zero attached hydrogens (tertiary/aromatic N) is 10. The Labute approximate surface area is 410 Å². The lowest BCUT2D eigenvalue weighted by atomic mass is 10.1. The van der Waals surface area contributed by atoms with Crippen molar-refractivity contribution in [2.75, 3.05) is 0 Å². The molecule has 11 heterocycles. The maximum atomic E-state index is 4.97. The lowest BCUT2D eigenvalue weighted by Gasteiger charge is -2.01. The molecule has 10 heteroatoms. The summed E-state index contributed by atoms with van der Waals surface area (Å²) in [6.07, 6.45) is 0. The lowest BCUT2D eigenvalue weighted by molar-refractivity contribution is 1.41. The third-order valence-corrected chi connectivity index (χ3v) is 11.9. The number of hydrogen-bond donors (Lipinski definition) is 0. The Morgan fingerprint density at radius 2 is 0.347 bits per heavy atom. The monoisotopic (exact) mass is 914 g/mol. The number of pyridine rings is 10. The minimum atomic E-state index is 0.577. The van der Waals surface area contributed by atoms with E-state index in [0.29, 0.717) is 88.3 Å². The number of aromatic nitrogens is 10. The molecule has 0 aliphatic carbocycles. The summed E-state index contributed by atoms with van der Waals surface area (Å²) in [5.41, 5.74) is 13.0. The van der Waals surface area contributed by atoms with Gasteiger partial charge in [0.05, 0.1) is 66.2 Å². The summed E-state index contributed by atoms with van der Waals surface area (Å²) < 4.78 is 0. The molecule has 0 N–H and O–H groups in total. The standard InChI is InChI=1S/C62H30N10/c1-7-43-31-35-47-27-23-39-19-20-40-24-28-48(68-60(40)59(39)67-47)37-33-45-9-3-13-53(65-45)57-17-6-18-58(72-57)54-14-4-10-46(66-54)34-38-50-30-26-42-22-21-41-25-29-49(69-61(41)62(42)70-50)36-32-44-8-2-12-52(64-44)56-16-5-15-55(71-56)51(11-1)63-43/h1-30H. The molecule has 0 aliphatic heterocycles. The van der Waals surface area contributed by atoms with Crippen LogP contribution in [0.3, 0.4) is 0 Å². The molecule has 13 rings (SSSR count). The minimum Gasteiger partial charge on any atom is -0.245 e. The molecule has 0 amide bonds. The van der Waals surface area contributed by atoms with Gasteiger partial charge in [0, 0.05) is 21.5 Å². The van der Waals surface area contributed by atoms with Gasteiger partial charge in [0.15, 0.2) is 0 Å². The quantitative estimate of drug-likeness (QED) is 0.136. The van der Waals surface area contributed by atoms with E-state index in [1.807, 2.05) is 182 Å². The van der Waals surface area contributed by atoms with Gasteiger partial charge in [-0.2, -0.15) is 0 Å². The molecule has 2 aromatic carbocycles. The summed E-state index contributed by atoms with van der Waals surface area (Å²) in [6, 6.07) is 84.0. The van der Waals surface area contributed by atoms with E-state index in [4.69, 9.17) is 49.8 Å². The van der Waals surface area contributed by atoms with Gasteiger partial charge in [-0.1, -0.05) is 60.7 Å². The Balaban J connectivity index is 1.01. The molecule has 0 spiro atoms. The maximum Gasteiger partial charge on any atom is 0.114 e. The third kappa shape index (κ3) is 8.33. The van der Waals surface area contributed by atoms with Crippen molar-refractivity contribution in [1.29, 1.82) is 0 Å². The summed E-state index contributed by atoms with van der Waals surface area (Å²) in [4.78, 5) is 49.3. The van der Waals surface area contributed by atoms with Gasteiger partial charge in [0.2, 0.25) is 0 Å². The van der Waals surface area contributed by atoms with Crippen LogP contribution in [0.25, 0.3) is 132 Å². The predicted octanol–water partition coefficient (Wildman–Crippen LogP) is 12.9. The average Bonchev–Trinajstić information content (AvgIpc) is 3.45. The average molecular weight is 915 g/mol. The Hall–Kier alpha value is -10.8. The van der Waals surface area contributed by atoms with Crippen LogP contribution < -0.4 is 0 Å². The lowest BCUT2D eigenvalue weighted by Crippen LogP contribution is -1.85. The predicted molar refractivity (Wildman–Crippen MR) is 284 cm³/mol. The van der Waals surface area contributed by atoms with Crippen LogP contribution in [0.1, 0.15) is 0 Å². The highest BCUT2D eigenvalue weighted by Gasteiger charge is 2.06. The van der Waals surface area contributed by atoms with E-state index in [2.05, 4.69) is 48.5 Å². The van der Waals surface area contributed by atoms with E-state index in [1.165, 1.54) is 0 Å². The highest BCUT2D eigenvalue weighted by atomic mass is 14.8. The first-order valence-electron chi connectivity index (χ1n) is 22.9. The highest BCUT2D eigenvalue weighted by Crippen LogP contribution is 2.25. The van der Waals surface area contributed by atoms with Gasteiger partial charge < -0.3 is 0 Å². The molecule has 0 aliphatic rings. The van der Waals surface area contributed by atoms with Crippen LogP contribution in [0.2, 0.25) is 0 Å². The second-order valence-electron chi connectivity index (χ2n) is 16.7. The van der Waals surface area contributed by atoms with Crippen molar-refractivity contribution in [3.63, 3.8) is 0 Å². The van der Waals surface area contributed by atoms with Gasteiger partial charge in [-0.25, -0.2) is 49.8 Å². The van der Waals surface area contributed by atoms with Gasteiger partial charge >= 0.3 is 0 Å². The van der Waals surface area contributed by atoms with Gasteiger partial charge in [0.25, 0.3) is 0 Å². The molecular formula is C62H30N10. The van der Waals surface area contributed by atoms with E-state index < -0.39 is 0 Å². The van der Waals surface area contributed by atoms with Gasteiger partial charge in [-0.05, 0) is 170 Å². The molecule has 0 saturated heterocycles. The van der Waals surface area contributed by atoms with Crippen molar-refractivity contribution in [3.05, 3.63) is 231 Å². The number of rotatable bonds is 0. The van der Waals surface area contributed by atoms with E-state index in [-0.39, 0.29) is 0 Å². The molecule has 11 aromatic heterocycles. The van der Waals surface area contributed by atoms with Crippen LogP contribution in [0.15, 0.2) is 182 Å². The topological polar surface area (TPSA) is 129 Å². The fourth-order valence-corrected chi connectivity index (χ4v) is 8.35. The smallest absolute Gasteiger partial charge is 0.114 e. The molecule has 0 unspecified atom stereocenters. The third-order valence-electron chi connectivity index (χ3n) is 11.9. The molecule has 72 heavy (non-hydrogen) atoms. The van der Waals surface area contributed by atoms with Gasteiger partial charge in [-0.15, -0.1) is 0 Å². The second kappa shape index (κ2) is 17.7. The SMILES string of the molecule is c1c2cccc(n2)c2cccc(n2)c2cccc(c#cc3ccc4ccc5ccc(c#cc6cccc(n6)c6cccc(n6)c6cccc(c#cc7ccc8ccc9ccc(c#1)nc9c8n7)n6)nc5c4n3)n2. The van der Waals surface area contributed by atoms with Crippen LogP contribution in [0.5, 0.6) is 0 Å². The molecule has 328 valence electrons. The molecule has 0 fully saturated rings. The first-order chi connectivity index (χ1) is 35.6. The summed E-state index contributed by atoms with van der Waals surface area (Å²) in [7, 11) is 0. The van der Waals surface area contributed by atoms with Gasteiger partial charge in [0.1, 0.15) is 44.1 Å². The van der Waals surface area contributed by atoms with Crippen molar-refractivity contribution >= 4 is 132 Å². The largest absolute Gasteiger partial charge is 0.245 e. The molecule has 0 radical (unpaired) electrons. The van der Waals surface area contributed by atoms with Crippen LogP contribution in [-0.4, -0.2) is 49.8 Å². The zero-order chi connectivity index (χ0) is 47.8. The fraction of sp³-hybridized carbons (Fsp3) is 0. The number of benzene rings is 2. The van der Waals surface area contributed by atoms with Crippen molar-refractivity contribution < 1.29 is 0 Å².